The molecule has 0 aliphatic heterocycles. The van der Waals surface area contributed by atoms with Crippen LogP contribution in [0.1, 0.15) is 10.5 Å². The molecule has 26 heavy (non-hydrogen) atoms. The monoisotopic (exact) mass is 341 g/mol. The molecule has 0 aliphatic carbocycles. The zero-order chi connectivity index (χ0) is 17.8. The zero-order valence-electron chi connectivity index (χ0n) is 13.8. The SMILES string of the molecule is O=C(Nc1ccccc1)c1ccc(Oc2ccc3ccccc3c2)nn1. The van der Waals surface area contributed by atoms with Gasteiger partial charge in [-0.15, -0.1) is 10.2 Å². The largest absolute Gasteiger partial charge is 0.438 e. The second-order valence-corrected chi connectivity index (χ2v) is 5.69. The van der Waals surface area contributed by atoms with Crippen LogP contribution in [0.5, 0.6) is 11.6 Å². The fraction of sp³-hybridized carbons (Fsp3) is 0. The second-order valence-electron chi connectivity index (χ2n) is 5.69. The van der Waals surface area contributed by atoms with Gasteiger partial charge in [-0.1, -0.05) is 48.5 Å². The lowest BCUT2D eigenvalue weighted by Crippen LogP contribution is -2.14. The summed E-state index contributed by atoms with van der Waals surface area (Å²) in [7, 11) is 0. The number of anilines is 1. The van der Waals surface area contributed by atoms with Crippen molar-refractivity contribution in [2.24, 2.45) is 0 Å². The summed E-state index contributed by atoms with van der Waals surface area (Å²) >= 11 is 0. The van der Waals surface area contributed by atoms with E-state index in [4.69, 9.17) is 4.74 Å². The highest BCUT2D eigenvalue weighted by atomic mass is 16.5. The predicted octanol–water partition coefficient (Wildman–Crippen LogP) is 4.67. The van der Waals surface area contributed by atoms with E-state index in [-0.39, 0.29) is 11.6 Å². The highest BCUT2D eigenvalue weighted by Gasteiger charge is 2.09. The highest BCUT2D eigenvalue weighted by Crippen LogP contribution is 2.24. The van der Waals surface area contributed by atoms with Crippen LogP contribution < -0.4 is 10.1 Å². The van der Waals surface area contributed by atoms with E-state index in [1.54, 1.807) is 12.1 Å². The zero-order valence-corrected chi connectivity index (χ0v) is 13.8. The van der Waals surface area contributed by atoms with Crippen LogP contribution >= 0.6 is 0 Å². The van der Waals surface area contributed by atoms with E-state index >= 15 is 0 Å². The standard InChI is InChI=1S/C21H15N3O2/c25-21(22-17-8-2-1-3-9-17)19-12-13-20(24-23-19)26-18-11-10-15-6-4-5-7-16(15)14-18/h1-14H,(H,22,25). The van der Waals surface area contributed by atoms with Crippen LogP contribution in [0, 0.1) is 0 Å². The molecule has 0 spiro atoms. The van der Waals surface area contributed by atoms with Gasteiger partial charge < -0.3 is 10.1 Å². The first-order chi connectivity index (χ1) is 12.8. The van der Waals surface area contributed by atoms with Crippen LogP contribution in [0.25, 0.3) is 10.8 Å². The minimum atomic E-state index is -0.319. The number of rotatable bonds is 4. The summed E-state index contributed by atoms with van der Waals surface area (Å²) < 4.78 is 5.73. The van der Waals surface area contributed by atoms with Crippen molar-refractivity contribution in [3.63, 3.8) is 0 Å². The van der Waals surface area contributed by atoms with E-state index in [1.807, 2.05) is 72.8 Å². The molecule has 0 saturated carbocycles. The number of fused-ring (bicyclic) bond motifs is 1. The first-order valence-corrected chi connectivity index (χ1v) is 8.15. The van der Waals surface area contributed by atoms with Gasteiger partial charge in [-0.05, 0) is 41.1 Å². The summed E-state index contributed by atoms with van der Waals surface area (Å²) in [5, 5.41) is 12.9. The minimum absolute atomic E-state index is 0.222. The Kier molecular flexibility index (Phi) is 4.26. The van der Waals surface area contributed by atoms with Crippen LogP contribution in [0.2, 0.25) is 0 Å². The molecule has 0 saturated heterocycles. The smallest absolute Gasteiger partial charge is 0.276 e. The van der Waals surface area contributed by atoms with Gasteiger partial charge >= 0.3 is 0 Å². The fourth-order valence-electron chi connectivity index (χ4n) is 2.56. The number of nitrogens with zero attached hydrogens (tertiary/aromatic N) is 2. The molecule has 1 amide bonds. The van der Waals surface area contributed by atoms with Gasteiger partial charge in [-0.25, -0.2) is 0 Å². The highest BCUT2D eigenvalue weighted by molar-refractivity contribution is 6.02. The van der Waals surface area contributed by atoms with Crippen LogP contribution in [-0.4, -0.2) is 16.1 Å². The number of nitrogens with one attached hydrogen (secondary N) is 1. The van der Waals surface area contributed by atoms with Gasteiger partial charge in [-0.3, -0.25) is 4.79 Å². The Labute approximate surface area is 150 Å². The molecule has 0 atom stereocenters. The van der Waals surface area contributed by atoms with Gasteiger partial charge in [0.2, 0.25) is 5.88 Å². The van der Waals surface area contributed by atoms with Crippen molar-refractivity contribution < 1.29 is 9.53 Å². The van der Waals surface area contributed by atoms with Gasteiger partial charge in [-0.2, -0.15) is 0 Å². The van der Waals surface area contributed by atoms with Crippen LogP contribution in [0.4, 0.5) is 5.69 Å². The average molecular weight is 341 g/mol. The lowest BCUT2D eigenvalue weighted by Gasteiger charge is -2.07. The first kappa shape index (κ1) is 15.8. The molecule has 0 unspecified atom stereocenters. The van der Waals surface area contributed by atoms with E-state index < -0.39 is 0 Å². The van der Waals surface area contributed by atoms with Crippen molar-refractivity contribution in [2.75, 3.05) is 5.32 Å². The minimum Gasteiger partial charge on any atom is -0.438 e. The van der Waals surface area contributed by atoms with E-state index in [0.717, 1.165) is 10.8 Å². The van der Waals surface area contributed by atoms with Gasteiger partial charge in [0.25, 0.3) is 5.91 Å². The van der Waals surface area contributed by atoms with Crippen molar-refractivity contribution in [3.8, 4) is 11.6 Å². The number of carbonyl (C=O) groups is 1. The Morgan fingerprint density at radius 2 is 1.54 bits per heavy atom. The Hall–Kier alpha value is -3.73. The summed E-state index contributed by atoms with van der Waals surface area (Å²) in [5.74, 6) is 0.678. The van der Waals surface area contributed by atoms with E-state index in [9.17, 15) is 4.79 Å². The number of para-hydroxylation sites is 1. The molecule has 0 bridgehead atoms. The molecule has 1 aromatic heterocycles. The average Bonchev–Trinajstić information content (AvgIpc) is 2.69. The number of hydrogen-bond donors (Lipinski definition) is 1. The van der Waals surface area contributed by atoms with Gasteiger partial charge in [0.05, 0.1) is 0 Å². The maximum atomic E-state index is 12.2. The molecular formula is C21H15N3O2. The number of ether oxygens (including phenoxy) is 1. The molecular weight excluding hydrogens is 326 g/mol. The van der Waals surface area contributed by atoms with Crippen molar-refractivity contribution in [1.82, 2.24) is 10.2 Å². The number of aromatic nitrogens is 2. The van der Waals surface area contributed by atoms with Gasteiger partial charge in [0, 0.05) is 11.8 Å². The van der Waals surface area contributed by atoms with Crippen LogP contribution in [-0.2, 0) is 0 Å². The normalized spacial score (nSPS) is 10.5. The topological polar surface area (TPSA) is 64.1 Å². The summed E-state index contributed by atoms with van der Waals surface area (Å²) in [6.45, 7) is 0. The van der Waals surface area contributed by atoms with E-state index in [0.29, 0.717) is 17.3 Å². The van der Waals surface area contributed by atoms with Crippen LogP contribution in [0.3, 0.4) is 0 Å². The third-order valence-electron chi connectivity index (χ3n) is 3.85. The third-order valence-corrected chi connectivity index (χ3v) is 3.85. The molecule has 3 aromatic carbocycles. The molecule has 0 aliphatic rings. The summed E-state index contributed by atoms with van der Waals surface area (Å²) in [5.41, 5.74) is 0.926. The lowest BCUT2D eigenvalue weighted by molar-refractivity contribution is 0.102. The maximum Gasteiger partial charge on any atom is 0.276 e. The Bertz CT molecular complexity index is 1050. The molecule has 4 aromatic rings. The fourth-order valence-corrected chi connectivity index (χ4v) is 2.56. The number of amides is 1. The Morgan fingerprint density at radius 3 is 2.31 bits per heavy atom. The van der Waals surface area contributed by atoms with Gasteiger partial charge in [0.15, 0.2) is 5.69 Å². The van der Waals surface area contributed by atoms with Crippen molar-refractivity contribution >= 4 is 22.4 Å². The van der Waals surface area contributed by atoms with Crippen LogP contribution in [0.15, 0.2) is 84.9 Å². The molecule has 126 valence electrons. The first-order valence-electron chi connectivity index (χ1n) is 8.15. The second kappa shape index (κ2) is 7.03. The Morgan fingerprint density at radius 1 is 0.769 bits per heavy atom. The third kappa shape index (κ3) is 3.52. The maximum absolute atomic E-state index is 12.2. The molecule has 5 nitrogen and oxygen atoms in total. The summed E-state index contributed by atoms with van der Waals surface area (Å²) in [6, 6.07) is 26.2. The van der Waals surface area contributed by atoms with Gasteiger partial charge in [0.1, 0.15) is 5.75 Å². The molecule has 0 fully saturated rings. The van der Waals surface area contributed by atoms with Crippen molar-refractivity contribution in [2.45, 2.75) is 0 Å². The summed E-state index contributed by atoms with van der Waals surface area (Å²) in [4.78, 5) is 12.2. The quantitative estimate of drug-likeness (QED) is 0.586. The Balaban J connectivity index is 1.47. The molecule has 1 N–H and O–H groups in total. The summed E-state index contributed by atoms with van der Waals surface area (Å²) in [6.07, 6.45) is 0. The van der Waals surface area contributed by atoms with Crippen molar-refractivity contribution in [3.05, 3.63) is 90.6 Å². The predicted molar refractivity (Wildman–Crippen MR) is 100 cm³/mol. The molecule has 0 radical (unpaired) electrons. The van der Waals surface area contributed by atoms with E-state index in [2.05, 4.69) is 15.5 Å². The number of carbonyl (C=O) groups excluding carboxylic acids is 1. The molecule has 4 rings (SSSR count). The molecule has 5 heteroatoms. The lowest BCUT2D eigenvalue weighted by atomic mass is 10.1. The van der Waals surface area contributed by atoms with Crippen molar-refractivity contribution in [1.29, 1.82) is 0 Å². The van der Waals surface area contributed by atoms with E-state index in [1.165, 1.54) is 0 Å². The number of benzene rings is 3. The number of hydrogen-bond acceptors (Lipinski definition) is 4. The molecule has 1 heterocycles.